The molecule has 0 spiro atoms. The van der Waals surface area contributed by atoms with Crippen LogP contribution in [0.3, 0.4) is 0 Å². The van der Waals surface area contributed by atoms with Gasteiger partial charge in [-0.25, -0.2) is 0 Å². The Labute approximate surface area is 340 Å². The molecule has 0 aliphatic carbocycles. The van der Waals surface area contributed by atoms with Crippen molar-refractivity contribution < 1.29 is 54.1 Å². The molecule has 0 aliphatic rings. The first-order chi connectivity index (χ1) is 25.0. The quantitative estimate of drug-likeness (QED) is 0.0361. The third-order valence-corrected chi connectivity index (χ3v) is 36.1. The fraction of sp³-hybridized carbons (Fsp3) is 0.882. The standard InChI is InChI=1S/C34H78N2O12Si7/c1-49(2,3)43-51(7,8)45-53(10,27-15-13-19-31(37)21-23-33(39)40)47-54(11,28-16-14-20-32(38)22-24-34(41)42)48-55(12,30-18-26-36)46-52(9,29-17-25-35)44-50(4,5)6/h13-30,35-36H2,1-12H3,(H,39,40)(H,41,42). The third kappa shape index (κ3) is 27.7. The van der Waals surface area contributed by atoms with Gasteiger partial charge < -0.3 is 46.4 Å². The minimum Gasteiger partial charge on any atom is -0.481 e. The van der Waals surface area contributed by atoms with E-state index in [1.54, 1.807) is 0 Å². The van der Waals surface area contributed by atoms with Gasteiger partial charge in [-0.15, -0.1) is 0 Å². The van der Waals surface area contributed by atoms with Crippen LogP contribution in [0.15, 0.2) is 0 Å². The van der Waals surface area contributed by atoms with Gasteiger partial charge in [0.25, 0.3) is 0 Å². The Morgan fingerprint density at radius 1 is 0.400 bits per heavy atom. The molecule has 55 heavy (non-hydrogen) atoms. The number of hydrogen-bond acceptors (Lipinski definition) is 12. The maximum Gasteiger partial charge on any atom is 0.317 e. The number of carboxylic acid groups (broad SMARTS) is 2. The molecular formula is C34H78N2O12Si7. The maximum absolute atomic E-state index is 12.5. The van der Waals surface area contributed by atoms with Crippen LogP contribution < -0.4 is 11.5 Å². The van der Waals surface area contributed by atoms with Gasteiger partial charge in [0, 0.05) is 25.7 Å². The molecule has 324 valence electrons. The molecule has 21 heteroatoms. The summed E-state index contributed by atoms with van der Waals surface area (Å²) in [7, 11) is -18.9. The zero-order valence-corrected chi connectivity index (χ0v) is 43.4. The fourth-order valence-electron chi connectivity index (χ4n) is 6.91. The molecule has 4 atom stereocenters. The molecule has 0 aromatic rings. The van der Waals surface area contributed by atoms with Crippen molar-refractivity contribution in [1.82, 2.24) is 0 Å². The lowest BCUT2D eigenvalue weighted by Gasteiger charge is -2.47. The second kappa shape index (κ2) is 24.5. The third-order valence-electron chi connectivity index (χ3n) is 8.41. The first kappa shape index (κ1) is 54.5. The van der Waals surface area contributed by atoms with Crippen LogP contribution in [-0.4, -0.2) is 106 Å². The van der Waals surface area contributed by atoms with E-state index >= 15 is 0 Å². The average molecular weight is 904 g/mol. The molecule has 4 unspecified atom stereocenters. The average Bonchev–Trinajstić information content (AvgIpc) is 2.98. The van der Waals surface area contributed by atoms with Gasteiger partial charge in [-0.05, 0) is 142 Å². The molecule has 0 aromatic carbocycles. The van der Waals surface area contributed by atoms with Crippen molar-refractivity contribution in [2.75, 3.05) is 13.1 Å². The van der Waals surface area contributed by atoms with E-state index in [1.807, 2.05) is 13.1 Å². The second-order valence-electron chi connectivity index (χ2n) is 17.8. The molecule has 0 rings (SSSR count). The van der Waals surface area contributed by atoms with Crippen LogP contribution in [0.4, 0.5) is 0 Å². The minimum atomic E-state index is -3.21. The first-order valence-corrected chi connectivity index (χ1v) is 39.8. The summed E-state index contributed by atoms with van der Waals surface area (Å²) in [5.41, 5.74) is 12.1. The molecule has 0 bridgehead atoms. The minimum absolute atomic E-state index is 0.00643. The number of ketones is 2. The molecule has 0 saturated heterocycles. The van der Waals surface area contributed by atoms with Gasteiger partial charge >= 0.3 is 54.7 Å². The SMILES string of the molecule is C[Si](C)(C)O[Si](C)(C)O[Si](C)(CCCCC(=O)CCC(=O)O)O[Si](C)(CCCCC(=O)CCC(=O)O)O[Si](C)(CCCN)O[Si](C)(CCCN)O[Si](C)(C)C. The Kier molecular flexibility index (Phi) is 24.3. The lowest BCUT2D eigenvalue weighted by molar-refractivity contribution is -0.139. The van der Waals surface area contributed by atoms with Gasteiger partial charge in [-0.2, -0.15) is 0 Å². The molecule has 0 aromatic heterocycles. The number of aliphatic carboxylic acids is 2. The fourth-order valence-corrected chi connectivity index (χ4v) is 42.6. The van der Waals surface area contributed by atoms with E-state index in [-0.39, 0.29) is 50.1 Å². The number of carbonyl (C=O) groups excluding carboxylic acids is 2. The van der Waals surface area contributed by atoms with Gasteiger partial charge in [0.2, 0.25) is 0 Å². The molecule has 0 amide bonds. The van der Waals surface area contributed by atoms with Crippen LogP contribution in [0, 0.1) is 0 Å². The van der Waals surface area contributed by atoms with Crippen molar-refractivity contribution in [3.63, 3.8) is 0 Å². The summed E-state index contributed by atoms with van der Waals surface area (Å²) in [5.74, 6) is -2.14. The summed E-state index contributed by atoms with van der Waals surface area (Å²) < 4.78 is 42.6. The van der Waals surface area contributed by atoms with Gasteiger partial charge in [0.05, 0.1) is 12.8 Å². The molecule has 0 aliphatic heterocycles. The van der Waals surface area contributed by atoms with E-state index in [0.29, 0.717) is 63.3 Å². The number of Topliss-reactive ketones (excluding diaryl/α,β-unsaturated/α-hetero) is 2. The number of carbonyl (C=O) groups is 4. The Hall–Kier alpha value is -0.522. The maximum atomic E-state index is 12.5. The van der Waals surface area contributed by atoms with E-state index in [1.165, 1.54) is 0 Å². The van der Waals surface area contributed by atoms with E-state index < -0.39 is 71.4 Å². The lowest BCUT2D eigenvalue weighted by atomic mass is 10.1. The molecule has 6 N–H and O–H groups in total. The zero-order valence-electron chi connectivity index (χ0n) is 36.4. The van der Waals surface area contributed by atoms with E-state index in [9.17, 15) is 19.2 Å². The molecule has 0 heterocycles. The lowest BCUT2D eigenvalue weighted by Crippen LogP contribution is -2.63. The summed E-state index contributed by atoms with van der Waals surface area (Å²) >= 11 is 0. The van der Waals surface area contributed by atoms with Crippen molar-refractivity contribution in [3.05, 3.63) is 0 Å². The summed E-state index contributed by atoms with van der Waals surface area (Å²) in [6.07, 6.45) is 4.10. The normalized spacial score (nSPS) is 17.1. The Bertz CT molecular complexity index is 1210. The number of carboxylic acids is 2. The summed E-state index contributed by atoms with van der Waals surface area (Å²) in [4.78, 5) is 47.0. The highest BCUT2D eigenvalue weighted by Crippen LogP contribution is 2.36. The van der Waals surface area contributed by atoms with Crippen molar-refractivity contribution in [2.45, 2.75) is 180 Å². The van der Waals surface area contributed by atoms with E-state index in [4.69, 9.17) is 46.4 Å². The molecule has 14 nitrogen and oxygen atoms in total. The van der Waals surface area contributed by atoms with Gasteiger partial charge in [-0.1, -0.05) is 12.8 Å². The van der Waals surface area contributed by atoms with Crippen LogP contribution in [-0.2, 0) is 43.9 Å². The van der Waals surface area contributed by atoms with Gasteiger partial charge in [-0.3, -0.25) is 19.2 Å². The van der Waals surface area contributed by atoms with Crippen LogP contribution in [0.5, 0.6) is 0 Å². The van der Waals surface area contributed by atoms with Crippen LogP contribution in [0.25, 0.3) is 0 Å². The Balaban J connectivity index is 6.87. The van der Waals surface area contributed by atoms with Crippen molar-refractivity contribution in [2.24, 2.45) is 11.5 Å². The molecule has 0 saturated carbocycles. The Morgan fingerprint density at radius 3 is 1.02 bits per heavy atom. The monoisotopic (exact) mass is 902 g/mol. The van der Waals surface area contributed by atoms with Gasteiger partial charge in [0.15, 0.2) is 16.6 Å². The highest BCUT2D eigenvalue weighted by molar-refractivity contribution is 6.92. The van der Waals surface area contributed by atoms with Crippen LogP contribution in [0.2, 0.25) is 103 Å². The highest BCUT2D eigenvalue weighted by Gasteiger charge is 2.53. The Morgan fingerprint density at radius 2 is 0.709 bits per heavy atom. The van der Waals surface area contributed by atoms with Crippen LogP contribution >= 0.6 is 0 Å². The summed E-state index contributed by atoms with van der Waals surface area (Å²) in [5, 5.41) is 18.1. The topological polar surface area (TPSA) is 216 Å². The molecule has 0 fully saturated rings. The van der Waals surface area contributed by atoms with Crippen molar-refractivity contribution in [3.8, 4) is 0 Å². The smallest absolute Gasteiger partial charge is 0.317 e. The van der Waals surface area contributed by atoms with Gasteiger partial charge in [0.1, 0.15) is 11.6 Å². The number of unbranched alkanes of at least 4 members (excludes halogenated alkanes) is 2. The van der Waals surface area contributed by atoms with E-state index in [2.05, 4.69) is 65.5 Å². The number of hydrogen-bond donors (Lipinski definition) is 4. The number of rotatable bonds is 34. The molecule has 0 radical (unpaired) electrons. The molecular weight excluding hydrogens is 825 g/mol. The highest BCUT2D eigenvalue weighted by atomic mass is 28.5. The van der Waals surface area contributed by atoms with E-state index in [0.717, 1.165) is 12.5 Å². The van der Waals surface area contributed by atoms with Crippen molar-refractivity contribution in [1.29, 1.82) is 0 Å². The predicted molar refractivity (Wildman–Crippen MR) is 235 cm³/mol. The predicted octanol–water partition coefficient (Wildman–Crippen LogP) is 7.65. The summed E-state index contributed by atoms with van der Waals surface area (Å²) in [6, 6.07) is 2.50. The zero-order chi connectivity index (χ0) is 42.8. The largest absolute Gasteiger partial charge is 0.481 e. The summed E-state index contributed by atoms with van der Waals surface area (Å²) in [6.45, 7) is 26.3. The second-order valence-corrected chi connectivity index (χ2v) is 45.1. The van der Waals surface area contributed by atoms with Crippen LogP contribution in [0.1, 0.15) is 77.0 Å². The first-order valence-electron chi connectivity index (χ1n) is 20.1. The number of nitrogens with two attached hydrogens (primary N) is 2. The van der Waals surface area contributed by atoms with Crippen molar-refractivity contribution >= 4 is 82.9 Å².